The normalized spacial score (nSPS) is 12.1. The first-order valence-electron chi connectivity index (χ1n) is 5.86. The Morgan fingerprint density at radius 2 is 1.71 bits per heavy atom. The standard InChI is InChI=1S/C14H8F3NO3/c15-14(16,17)6-1-2-7-8-5-12(19)9(13(20)21)4-11(8)18-10(7)3-6/h1-5,18-19H,(H,20,21). The zero-order valence-corrected chi connectivity index (χ0v) is 10.3. The lowest BCUT2D eigenvalue weighted by atomic mass is 10.1. The molecule has 3 N–H and O–H groups in total. The molecule has 0 radical (unpaired) electrons. The molecule has 0 saturated carbocycles. The van der Waals surface area contributed by atoms with Crippen LogP contribution in [0.5, 0.6) is 5.75 Å². The van der Waals surface area contributed by atoms with Gasteiger partial charge in [0, 0.05) is 21.8 Å². The van der Waals surface area contributed by atoms with Gasteiger partial charge in [0.05, 0.1) is 5.56 Å². The number of H-pyrrole nitrogens is 1. The second kappa shape index (κ2) is 4.15. The van der Waals surface area contributed by atoms with Crippen molar-refractivity contribution in [2.75, 3.05) is 0 Å². The summed E-state index contributed by atoms with van der Waals surface area (Å²) in [5.41, 5.74) is -0.546. The summed E-state index contributed by atoms with van der Waals surface area (Å²) in [7, 11) is 0. The van der Waals surface area contributed by atoms with Crippen LogP contribution in [0.15, 0.2) is 30.3 Å². The zero-order chi connectivity index (χ0) is 15.4. The monoisotopic (exact) mass is 295 g/mol. The van der Waals surface area contributed by atoms with Crippen molar-refractivity contribution in [2.24, 2.45) is 0 Å². The molecule has 0 aliphatic heterocycles. The SMILES string of the molecule is O=C(O)c1cc2[nH]c3cc(C(F)(F)F)ccc3c2cc1O. The highest BCUT2D eigenvalue weighted by Crippen LogP contribution is 2.35. The summed E-state index contributed by atoms with van der Waals surface area (Å²) in [5, 5.41) is 19.5. The van der Waals surface area contributed by atoms with Crippen molar-refractivity contribution in [3.05, 3.63) is 41.5 Å². The molecular formula is C14H8F3NO3. The van der Waals surface area contributed by atoms with Crippen LogP contribution in [0, 0.1) is 0 Å². The third kappa shape index (κ3) is 2.06. The number of nitrogens with one attached hydrogen (secondary N) is 1. The lowest BCUT2D eigenvalue weighted by Gasteiger charge is -2.05. The van der Waals surface area contributed by atoms with Gasteiger partial charge in [0.25, 0.3) is 0 Å². The van der Waals surface area contributed by atoms with E-state index in [9.17, 15) is 23.1 Å². The maximum absolute atomic E-state index is 12.7. The molecule has 0 saturated heterocycles. The molecule has 0 unspecified atom stereocenters. The predicted molar refractivity (Wildman–Crippen MR) is 69.4 cm³/mol. The number of hydrogen-bond acceptors (Lipinski definition) is 2. The Balaban J connectivity index is 2.32. The lowest BCUT2D eigenvalue weighted by Crippen LogP contribution is -2.03. The second-order valence-corrected chi connectivity index (χ2v) is 4.60. The number of aromatic hydroxyl groups is 1. The van der Waals surface area contributed by atoms with Crippen LogP contribution in [-0.4, -0.2) is 21.2 Å². The van der Waals surface area contributed by atoms with Gasteiger partial charge in [-0.05, 0) is 24.3 Å². The summed E-state index contributed by atoms with van der Waals surface area (Å²) in [4.78, 5) is 13.7. The highest BCUT2D eigenvalue weighted by atomic mass is 19.4. The first-order valence-corrected chi connectivity index (χ1v) is 5.86. The van der Waals surface area contributed by atoms with E-state index in [1.54, 1.807) is 0 Å². The number of aromatic nitrogens is 1. The van der Waals surface area contributed by atoms with Crippen molar-refractivity contribution in [2.45, 2.75) is 6.18 Å². The van der Waals surface area contributed by atoms with Gasteiger partial charge in [0.1, 0.15) is 11.3 Å². The lowest BCUT2D eigenvalue weighted by molar-refractivity contribution is -0.137. The molecular weight excluding hydrogens is 287 g/mol. The van der Waals surface area contributed by atoms with Crippen LogP contribution >= 0.6 is 0 Å². The minimum absolute atomic E-state index is 0.224. The summed E-state index contributed by atoms with van der Waals surface area (Å²) in [5.74, 6) is -1.75. The Morgan fingerprint density at radius 1 is 1.05 bits per heavy atom. The molecule has 0 spiro atoms. The molecule has 4 nitrogen and oxygen atoms in total. The van der Waals surface area contributed by atoms with Crippen LogP contribution < -0.4 is 0 Å². The van der Waals surface area contributed by atoms with Gasteiger partial charge < -0.3 is 15.2 Å². The summed E-state index contributed by atoms with van der Waals surface area (Å²) < 4.78 is 38.0. The van der Waals surface area contributed by atoms with Gasteiger partial charge in [-0.15, -0.1) is 0 Å². The van der Waals surface area contributed by atoms with E-state index in [1.807, 2.05) is 0 Å². The van der Waals surface area contributed by atoms with Crippen LogP contribution in [0.3, 0.4) is 0 Å². The number of aromatic carboxylic acids is 1. The molecule has 0 amide bonds. The number of rotatable bonds is 1. The second-order valence-electron chi connectivity index (χ2n) is 4.60. The smallest absolute Gasteiger partial charge is 0.416 e. The topological polar surface area (TPSA) is 73.3 Å². The highest BCUT2D eigenvalue weighted by Gasteiger charge is 2.30. The first-order chi connectivity index (χ1) is 9.77. The first kappa shape index (κ1) is 13.3. The maximum atomic E-state index is 12.7. The van der Waals surface area contributed by atoms with Gasteiger partial charge in [0.2, 0.25) is 0 Å². The third-order valence-electron chi connectivity index (χ3n) is 3.27. The van der Waals surface area contributed by atoms with E-state index < -0.39 is 23.5 Å². The molecule has 1 heterocycles. The molecule has 3 rings (SSSR count). The maximum Gasteiger partial charge on any atom is 0.416 e. The Labute approximate surface area is 115 Å². The van der Waals surface area contributed by atoms with Crippen molar-refractivity contribution in [3.63, 3.8) is 0 Å². The Hall–Kier alpha value is -2.70. The summed E-state index contributed by atoms with van der Waals surface area (Å²) >= 11 is 0. The number of carboxylic acids is 1. The van der Waals surface area contributed by atoms with E-state index in [2.05, 4.69) is 4.98 Å². The van der Waals surface area contributed by atoms with Crippen molar-refractivity contribution in [1.82, 2.24) is 4.98 Å². The quantitative estimate of drug-likeness (QED) is 0.640. The van der Waals surface area contributed by atoms with Gasteiger partial charge in [-0.3, -0.25) is 0 Å². The van der Waals surface area contributed by atoms with Crippen LogP contribution in [0.1, 0.15) is 15.9 Å². The molecule has 0 aliphatic rings. The summed E-state index contributed by atoms with van der Waals surface area (Å²) in [6, 6.07) is 5.60. The van der Waals surface area contributed by atoms with E-state index in [-0.39, 0.29) is 11.1 Å². The Morgan fingerprint density at radius 3 is 2.33 bits per heavy atom. The Bertz CT molecular complexity index is 880. The van der Waals surface area contributed by atoms with Crippen molar-refractivity contribution in [1.29, 1.82) is 0 Å². The number of aromatic amines is 1. The van der Waals surface area contributed by atoms with E-state index in [4.69, 9.17) is 5.11 Å². The minimum Gasteiger partial charge on any atom is -0.507 e. The number of fused-ring (bicyclic) bond motifs is 3. The highest BCUT2D eigenvalue weighted by molar-refractivity contribution is 6.10. The number of halogens is 3. The van der Waals surface area contributed by atoms with Crippen LogP contribution in [-0.2, 0) is 6.18 Å². The largest absolute Gasteiger partial charge is 0.507 e. The van der Waals surface area contributed by atoms with Crippen LogP contribution in [0.2, 0.25) is 0 Å². The molecule has 7 heteroatoms. The van der Waals surface area contributed by atoms with Gasteiger partial charge in [-0.1, -0.05) is 6.07 Å². The predicted octanol–water partition coefficient (Wildman–Crippen LogP) is 3.74. The van der Waals surface area contributed by atoms with E-state index >= 15 is 0 Å². The van der Waals surface area contributed by atoms with Gasteiger partial charge in [-0.25, -0.2) is 4.79 Å². The van der Waals surface area contributed by atoms with E-state index in [0.717, 1.165) is 12.1 Å². The zero-order valence-electron chi connectivity index (χ0n) is 10.3. The average Bonchev–Trinajstić information content (AvgIpc) is 2.73. The molecule has 21 heavy (non-hydrogen) atoms. The fraction of sp³-hybridized carbons (Fsp3) is 0.0714. The van der Waals surface area contributed by atoms with Gasteiger partial charge >= 0.3 is 12.1 Å². The summed E-state index contributed by atoms with van der Waals surface area (Å²) in [6.45, 7) is 0. The minimum atomic E-state index is -4.46. The molecule has 0 fully saturated rings. The number of carbonyl (C=O) groups is 1. The van der Waals surface area contributed by atoms with E-state index in [0.29, 0.717) is 16.3 Å². The molecule has 108 valence electrons. The van der Waals surface area contributed by atoms with Crippen LogP contribution in [0.4, 0.5) is 13.2 Å². The number of alkyl halides is 3. The average molecular weight is 295 g/mol. The summed E-state index contributed by atoms with van der Waals surface area (Å²) in [6.07, 6.45) is -4.46. The van der Waals surface area contributed by atoms with Crippen molar-refractivity contribution < 1.29 is 28.2 Å². The van der Waals surface area contributed by atoms with Crippen molar-refractivity contribution in [3.8, 4) is 5.75 Å². The number of carboxylic acid groups (broad SMARTS) is 1. The number of benzene rings is 2. The Kier molecular flexibility index (Phi) is 2.62. The van der Waals surface area contributed by atoms with Crippen molar-refractivity contribution >= 4 is 27.8 Å². The van der Waals surface area contributed by atoms with Gasteiger partial charge in [-0.2, -0.15) is 13.2 Å². The van der Waals surface area contributed by atoms with Crippen LogP contribution in [0.25, 0.3) is 21.8 Å². The molecule has 0 aliphatic carbocycles. The number of hydrogen-bond donors (Lipinski definition) is 3. The molecule has 3 aromatic rings. The third-order valence-corrected chi connectivity index (χ3v) is 3.27. The molecule has 2 aromatic carbocycles. The molecule has 1 aromatic heterocycles. The molecule has 0 bridgehead atoms. The van der Waals surface area contributed by atoms with E-state index in [1.165, 1.54) is 18.2 Å². The molecule has 0 atom stereocenters. The number of phenols is 1. The fourth-order valence-electron chi connectivity index (χ4n) is 2.29. The van der Waals surface area contributed by atoms with Gasteiger partial charge in [0.15, 0.2) is 0 Å². The fourth-order valence-corrected chi connectivity index (χ4v) is 2.29.